The molecule has 0 heterocycles. The maximum Gasteiger partial charge on any atom is 0.228 e. The summed E-state index contributed by atoms with van der Waals surface area (Å²) >= 11 is 0. The highest BCUT2D eigenvalue weighted by molar-refractivity contribution is 6.48. The first-order valence-corrected chi connectivity index (χ1v) is 2.65. The third-order valence-corrected chi connectivity index (χ3v) is 1.18. The fraction of sp³-hybridized carbons (Fsp3) is 0.143. The molecule has 0 aliphatic heterocycles. The molecule has 0 saturated carbocycles. The van der Waals surface area contributed by atoms with Crippen LogP contribution in [0, 0.1) is 0 Å². The normalized spacial score (nSPS) is 16.3. The molecule has 54 valence electrons. The summed E-state index contributed by atoms with van der Waals surface area (Å²) in [6.45, 7) is 1.63. The second-order valence-corrected chi connectivity index (χ2v) is 1.90. The summed E-state index contributed by atoms with van der Waals surface area (Å²) in [5.41, 5.74) is 0.516. The van der Waals surface area contributed by atoms with E-state index in [1.165, 1.54) is 6.08 Å². The summed E-state index contributed by atoms with van der Waals surface area (Å²) in [7, 11) is 0. The average Bonchev–Trinajstić information content (AvgIpc) is 1.83. The molecule has 1 aliphatic carbocycles. The van der Waals surface area contributed by atoms with E-state index >= 15 is 0 Å². The van der Waals surface area contributed by atoms with Gasteiger partial charge in [-0.15, -0.1) is 0 Å². The number of hydrogen-bond donors (Lipinski definition) is 0. The first kappa shape index (κ1) is 8.78. The van der Waals surface area contributed by atoms with Gasteiger partial charge >= 0.3 is 0 Å². The molecule has 0 amide bonds. The van der Waals surface area contributed by atoms with E-state index in [0.717, 1.165) is 0 Å². The van der Waals surface area contributed by atoms with Gasteiger partial charge in [-0.2, -0.15) is 0 Å². The molecule has 0 aromatic rings. The maximum atomic E-state index is 10.7. The minimum Gasteiger partial charge on any atom is -0.412 e. The highest BCUT2D eigenvalue weighted by Crippen LogP contribution is 2.02. The Bertz CT molecular complexity index is 223. The smallest absolute Gasteiger partial charge is 0.228 e. The molecule has 0 saturated heterocycles. The van der Waals surface area contributed by atoms with Crippen molar-refractivity contribution in [3.05, 3.63) is 23.8 Å². The summed E-state index contributed by atoms with van der Waals surface area (Å²) in [4.78, 5) is 21.2. The number of Topliss-reactive ketones (excluding diaryl/α,β-unsaturated/α-hetero) is 1. The van der Waals surface area contributed by atoms with Crippen molar-refractivity contribution in [3.8, 4) is 0 Å². The van der Waals surface area contributed by atoms with Gasteiger partial charge in [0, 0.05) is 5.57 Å². The van der Waals surface area contributed by atoms with E-state index in [0.29, 0.717) is 5.57 Å². The van der Waals surface area contributed by atoms with Crippen LogP contribution in [0.4, 0.5) is 0 Å². The van der Waals surface area contributed by atoms with Crippen LogP contribution in [-0.4, -0.2) is 17.0 Å². The molecule has 0 aromatic heterocycles. The van der Waals surface area contributed by atoms with Crippen LogP contribution in [0.15, 0.2) is 23.8 Å². The van der Waals surface area contributed by atoms with Crippen molar-refractivity contribution in [1.29, 1.82) is 0 Å². The van der Waals surface area contributed by atoms with Gasteiger partial charge in [-0.3, -0.25) is 9.59 Å². The lowest BCUT2D eigenvalue weighted by Crippen LogP contribution is -2.13. The predicted molar refractivity (Wildman–Crippen MR) is 36.5 cm³/mol. The number of ketones is 2. The van der Waals surface area contributed by atoms with Crippen molar-refractivity contribution in [1.82, 2.24) is 0 Å². The molecule has 0 aromatic carbocycles. The van der Waals surface area contributed by atoms with Crippen LogP contribution in [-0.2, 0) is 9.59 Å². The zero-order valence-corrected chi connectivity index (χ0v) is 5.55. The Morgan fingerprint density at radius 2 is 1.90 bits per heavy atom. The Labute approximate surface area is 58.3 Å². The van der Waals surface area contributed by atoms with Crippen molar-refractivity contribution >= 4 is 11.6 Å². The van der Waals surface area contributed by atoms with E-state index in [2.05, 4.69) is 0 Å². The van der Waals surface area contributed by atoms with Gasteiger partial charge in [0.25, 0.3) is 0 Å². The Morgan fingerprint density at radius 1 is 1.30 bits per heavy atom. The van der Waals surface area contributed by atoms with Crippen LogP contribution >= 0.6 is 0 Å². The predicted octanol–water partition coefficient (Wildman–Crippen LogP) is -0.184. The quantitative estimate of drug-likeness (QED) is 0.346. The van der Waals surface area contributed by atoms with Crippen molar-refractivity contribution in [2.75, 3.05) is 0 Å². The van der Waals surface area contributed by atoms with E-state index in [1.807, 2.05) is 0 Å². The monoisotopic (exact) mass is 140 g/mol. The minimum absolute atomic E-state index is 0. The first-order valence-electron chi connectivity index (χ1n) is 2.65. The van der Waals surface area contributed by atoms with Crippen molar-refractivity contribution in [3.63, 3.8) is 0 Å². The molecule has 3 heteroatoms. The van der Waals surface area contributed by atoms with Gasteiger partial charge in [-0.05, 0) is 13.0 Å². The first-order chi connectivity index (χ1) is 4.22. The minimum atomic E-state index is -0.421. The van der Waals surface area contributed by atoms with E-state index < -0.39 is 11.6 Å². The third kappa shape index (κ3) is 1.39. The SMILES string of the molecule is CC1=CC=CC(=O)C1=O.O. The highest BCUT2D eigenvalue weighted by Gasteiger charge is 2.13. The molecule has 0 spiro atoms. The molecule has 1 aliphatic rings. The van der Waals surface area contributed by atoms with Gasteiger partial charge in [-0.1, -0.05) is 12.2 Å². The summed E-state index contributed by atoms with van der Waals surface area (Å²) in [6, 6.07) is 0. The summed E-state index contributed by atoms with van der Waals surface area (Å²) in [5, 5.41) is 0. The zero-order chi connectivity index (χ0) is 6.85. The number of carbonyl (C=O) groups excluding carboxylic acids is 2. The van der Waals surface area contributed by atoms with Crippen LogP contribution in [0.3, 0.4) is 0 Å². The molecule has 0 bridgehead atoms. The van der Waals surface area contributed by atoms with Gasteiger partial charge in [0.1, 0.15) is 0 Å². The number of carbonyl (C=O) groups is 2. The summed E-state index contributed by atoms with van der Waals surface area (Å²) in [6.07, 6.45) is 4.48. The van der Waals surface area contributed by atoms with Crippen LogP contribution < -0.4 is 0 Å². The molecule has 3 nitrogen and oxygen atoms in total. The van der Waals surface area contributed by atoms with Gasteiger partial charge < -0.3 is 5.48 Å². The molecular weight excluding hydrogens is 132 g/mol. The second-order valence-electron chi connectivity index (χ2n) is 1.90. The van der Waals surface area contributed by atoms with E-state index in [9.17, 15) is 9.59 Å². The topological polar surface area (TPSA) is 65.6 Å². The standard InChI is InChI=1S/C7H6O2.H2O/c1-5-3-2-4-6(8)7(5)9;/h2-4H,1H3;1H2. The molecule has 0 radical (unpaired) electrons. The fourth-order valence-electron chi connectivity index (χ4n) is 0.626. The lowest BCUT2D eigenvalue weighted by molar-refractivity contribution is -0.131. The Balaban J connectivity index is 0.000000810. The molecular formula is C7H8O3. The molecule has 1 rings (SSSR count). The van der Waals surface area contributed by atoms with E-state index in [-0.39, 0.29) is 5.48 Å². The molecule has 0 fully saturated rings. The van der Waals surface area contributed by atoms with Crippen LogP contribution in [0.2, 0.25) is 0 Å². The molecule has 10 heavy (non-hydrogen) atoms. The fourth-order valence-corrected chi connectivity index (χ4v) is 0.626. The Kier molecular flexibility index (Phi) is 2.70. The van der Waals surface area contributed by atoms with Gasteiger partial charge in [0.15, 0.2) is 0 Å². The van der Waals surface area contributed by atoms with Crippen LogP contribution in [0.25, 0.3) is 0 Å². The largest absolute Gasteiger partial charge is 0.412 e. The van der Waals surface area contributed by atoms with Crippen LogP contribution in [0.1, 0.15) is 6.92 Å². The van der Waals surface area contributed by atoms with Crippen molar-refractivity contribution in [2.45, 2.75) is 6.92 Å². The highest BCUT2D eigenvalue weighted by atomic mass is 16.2. The molecule has 0 atom stereocenters. The lowest BCUT2D eigenvalue weighted by atomic mass is 10.0. The third-order valence-electron chi connectivity index (χ3n) is 1.18. The van der Waals surface area contributed by atoms with Gasteiger partial charge in [-0.25, -0.2) is 0 Å². The van der Waals surface area contributed by atoms with Crippen molar-refractivity contribution in [2.24, 2.45) is 0 Å². The van der Waals surface area contributed by atoms with Crippen molar-refractivity contribution < 1.29 is 15.1 Å². The summed E-state index contributed by atoms with van der Waals surface area (Å²) in [5.74, 6) is -0.812. The number of allylic oxidation sites excluding steroid dienone is 4. The van der Waals surface area contributed by atoms with Crippen LogP contribution in [0.5, 0.6) is 0 Å². The Morgan fingerprint density at radius 3 is 2.30 bits per heavy atom. The van der Waals surface area contributed by atoms with Gasteiger partial charge in [0.05, 0.1) is 0 Å². The average molecular weight is 140 g/mol. The maximum absolute atomic E-state index is 10.7. The van der Waals surface area contributed by atoms with E-state index in [1.54, 1.807) is 19.1 Å². The second kappa shape index (κ2) is 3.08. The summed E-state index contributed by atoms with van der Waals surface area (Å²) < 4.78 is 0. The zero-order valence-electron chi connectivity index (χ0n) is 5.55. The number of hydrogen-bond acceptors (Lipinski definition) is 2. The number of rotatable bonds is 0. The van der Waals surface area contributed by atoms with E-state index in [4.69, 9.17) is 0 Å². The van der Waals surface area contributed by atoms with Gasteiger partial charge in [0.2, 0.25) is 11.6 Å². The molecule has 0 unspecified atom stereocenters. The molecule has 2 N–H and O–H groups in total. The Hall–Kier alpha value is -1.22. The lowest BCUT2D eigenvalue weighted by Gasteiger charge is -1.97.